The Morgan fingerprint density at radius 3 is 2.55 bits per heavy atom. The van der Waals surface area contributed by atoms with E-state index in [9.17, 15) is 14.4 Å². The maximum absolute atomic E-state index is 12.8. The first-order valence-corrected chi connectivity index (χ1v) is 9.71. The molecule has 3 rings (SSSR count). The van der Waals surface area contributed by atoms with E-state index >= 15 is 0 Å². The number of carbonyl (C=O) groups excluding carboxylic acids is 3. The van der Waals surface area contributed by atoms with Crippen molar-refractivity contribution in [3.63, 3.8) is 0 Å². The number of benzene rings is 1. The highest BCUT2D eigenvalue weighted by molar-refractivity contribution is 5.93. The summed E-state index contributed by atoms with van der Waals surface area (Å²) in [5, 5.41) is 10.3. The molecule has 0 aliphatic carbocycles. The molecule has 1 N–H and O–H groups in total. The van der Waals surface area contributed by atoms with Crippen LogP contribution in [0.15, 0.2) is 48.8 Å². The third-order valence-electron chi connectivity index (χ3n) is 4.99. The molecule has 2 aromatic rings. The van der Waals surface area contributed by atoms with Crippen molar-refractivity contribution in [3.05, 3.63) is 59.9 Å². The van der Waals surface area contributed by atoms with E-state index in [1.807, 2.05) is 30.3 Å². The minimum atomic E-state index is -0.333. The van der Waals surface area contributed by atoms with Crippen molar-refractivity contribution < 1.29 is 14.4 Å². The van der Waals surface area contributed by atoms with Gasteiger partial charge in [0.2, 0.25) is 11.8 Å². The Labute approximate surface area is 169 Å². The van der Waals surface area contributed by atoms with Gasteiger partial charge in [0.1, 0.15) is 0 Å². The van der Waals surface area contributed by atoms with Gasteiger partial charge in [-0.2, -0.15) is 10.2 Å². The van der Waals surface area contributed by atoms with Crippen LogP contribution in [0.4, 0.5) is 0 Å². The monoisotopic (exact) mass is 395 g/mol. The lowest BCUT2D eigenvalue weighted by Crippen LogP contribution is -2.39. The van der Waals surface area contributed by atoms with Crippen molar-refractivity contribution in [1.29, 1.82) is 0 Å². The van der Waals surface area contributed by atoms with Crippen molar-refractivity contribution >= 4 is 17.7 Å². The molecule has 1 atom stereocenters. The van der Waals surface area contributed by atoms with Gasteiger partial charge in [0.15, 0.2) is 0 Å². The van der Waals surface area contributed by atoms with Crippen LogP contribution in [0, 0.1) is 0 Å². The van der Waals surface area contributed by atoms with E-state index in [2.05, 4.69) is 15.5 Å². The van der Waals surface area contributed by atoms with E-state index in [1.54, 1.807) is 15.9 Å². The van der Waals surface area contributed by atoms with Crippen LogP contribution in [0.25, 0.3) is 0 Å². The zero-order chi connectivity index (χ0) is 20.6. The summed E-state index contributed by atoms with van der Waals surface area (Å²) in [6.07, 6.45) is 3.70. The number of rotatable bonds is 2. The van der Waals surface area contributed by atoms with Crippen molar-refractivity contribution in [2.75, 3.05) is 26.2 Å². The standard InChI is InChI=1S/C21H25N5O3/c1-16(27)26-12-5-11-25(21(29)18-8-9-23-24-15-18)13-10-22-20(28)14-19(26)17-6-3-2-4-7-17/h2-4,6-9,15,19H,5,10-14H2,1H3,(H,22,28). The van der Waals surface area contributed by atoms with E-state index < -0.39 is 0 Å². The third-order valence-corrected chi connectivity index (χ3v) is 4.99. The number of nitrogens with one attached hydrogen (secondary N) is 1. The van der Waals surface area contributed by atoms with Crippen molar-refractivity contribution in [1.82, 2.24) is 25.3 Å². The van der Waals surface area contributed by atoms with Gasteiger partial charge in [-0.05, 0) is 18.1 Å². The Kier molecular flexibility index (Phi) is 6.89. The van der Waals surface area contributed by atoms with Crippen LogP contribution in [0.1, 0.15) is 41.7 Å². The first-order chi connectivity index (χ1) is 14.1. The van der Waals surface area contributed by atoms with Gasteiger partial charge in [-0.15, -0.1) is 0 Å². The predicted octanol–water partition coefficient (Wildman–Crippen LogP) is 1.42. The number of hydrogen-bond acceptors (Lipinski definition) is 5. The number of hydrogen-bond donors (Lipinski definition) is 1. The average Bonchev–Trinajstić information content (AvgIpc) is 2.78. The van der Waals surface area contributed by atoms with E-state index in [0.717, 1.165) is 5.56 Å². The van der Waals surface area contributed by atoms with Gasteiger partial charge >= 0.3 is 0 Å². The van der Waals surface area contributed by atoms with Crippen LogP contribution in [0.5, 0.6) is 0 Å². The van der Waals surface area contributed by atoms with Crippen molar-refractivity contribution in [3.8, 4) is 0 Å². The number of carbonyl (C=O) groups is 3. The molecule has 1 unspecified atom stereocenters. The van der Waals surface area contributed by atoms with Crippen LogP contribution in [-0.4, -0.2) is 63.9 Å². The quantitative estimate of drug-likeness (QED) is 0.830. The number of amides is 3. The highest BCUT2D eigenvalue weighted by atomic mass is 16.2. The molecule has 0 saturated carbocycles. The summed E-state index contributed by atoms with van der Waals surface area (Å²) in [7, 11) is 0. The Balaban J connectivity index is 1.80. The molecule has 0 spiro atoms. The van der Waals surface area contributed by atoms with Gasteiger partial charge in [-0.1, -0.05) is 30.3 Å². The van der Waals surface area contributed by atoms with Gasteiger partial charge < -0.3 is 15.1 Å². The molecular weight excluding hydrogens is 370 g/mol. The molecule has 1 aromatic carbocycles. The number of nitrogens with zero attached hydrogens (tertiary/aromatic N) is 4. The summed E-state index contributed by atoms with van der Waals surface area (Å²) in [4.78, 5) is 41.1. The molecule has 0 radical (unpaired) electrons. The Bertz CT molecular complexity index is 844. The summed E-state index contributed by atoms with van der Waals surface area (Å²) < 4.78 is 0. The van der Waals surface area contributed by atoms with Crippen molar-refractivity contribution in [2.24, 2.45) is 0 Å². The topological polar surface area (TPSA) is 95.5 Å². The lowest BCUT2D eigenvalue weighted by Gasteiger charge is -2.31. The maximum atomic E-state index is 12.8. The zero-order valence-corrected chi connectivity index (χ0v) is 16.5. The molecule has 2 heterocycles. The van der Waals surface area contributed by atoms with Gasteiger partial charge in [0, 0.05) is 33.1 Å². The van der Waals surface area contributed by atoms with E-state index in [-0.39, 0.29) is 30.2 Å². The second kappa shape index (κ2) is 9.77. The number of aromatic nitrogens is 2. The Hall–Kier alpha value is -3.29. The van der Waals surface area contributed by atoms with Crippen LogP contribution in [0.2, 0.25) is 0 Å². The largest absolute Gasteiger partial charge is 0.354 e. The first kappa shape index (κ1) is 20.4. The third kappa shape index (κ3) is 5.37. The van der Waals surface area contributed by atoms with Gasteiger partial charge in [-0.3, -0.25) is 14.4 Å². The van der Waals surface area contributed by atoms with Crippen LogP contribution in [0.3, 0.4) is 0 Å². The molecule has 8 nitrogen and oxygen atoms in total. The van der Waals surface area contributed by atoms with Crippen molar-refractivity contribution in [2.45, 2.75) is 25.8 Å². The second-order valence-electron chi connectivity index (χ2n) is 6.97. The minimum Gasteiger partial charge on any atom is -0.354 e. The first-order valence-electron chi connectivity index (χ1n) is 9.71. The smallest absolute Gasteiger partial charge is 0.255 e. The van der Waals surface area contributed by atoms with E-state index in [4.69, 9.17) is 0 Å². The fourth-order valence-corrected chi connectivity index (χ4v) is 3.54. The molecule has 1 aliphatic rings. The highest BCUT2D eigenvalue weighted by Crippen LogP contribution is 2.25. The molecule has 8 heteroatoms. The summed E-state index contributed by atoms with van der Waals surface area (Å²) in [5.74, 6) is -0.408. The van der Waals surface area contributed by atoms with Gasteiger partial charge in [0.05, 0.1) is 30.4 Å². The predicted molar refractivity (Wildman–Crippen MR) is 107 cm³/mol. The van der Waals surface area contributed by atoms with E-state index in [0.29, 0.717) is 38.2 Å². The summed E-state index contributed by atoms with van der Waals surface area (Å²) in [6, 6.07) is 10.9. The molecule has 152 valence electrons. The highest BCUT2D eigenvalue weighted by Gasteiger charge is 2.27. The second-order valence-corrected chi connectivity index (χ2v) is 6.97. The Morgan fingerprint density at radius 1 is 1.07 bits per heavy atom. The Morgan fingerprint density at radius 2 is 1.86 bits per heavy atom. The molecule has 0 bridgehead atoms. The molecule has 1 aromatic heterocycles. The van der Waals surface area contributed by atoms with Gasteiger partial charge in [0.25, 0.3) is 5.91 Å². The van der Waals surface area contributed by atoms with E-state index in [1.165, 1.54) is 19.3 Å². The lowest BCUT2D eigenvalue weighted by molar-refractivity contribution is -0.132. The minimum absolute atomic E-state index is 0.0953. The molecule has 1 saturated heterocycles. The fraction of sp³-hybridized carbons (Fsp3) is 0.381. The summed E-state index contributed by atoms with van der Waals surface area (Å²) >= 11 is 0. The molecule has 29 heavy (non-hydrogen) atoms. The molecule has 3 amide bonds. The van der Waals surface area contributed by atoms with Crippen LogP contribution < -0.4 is 5.32 Å². The summed E-state index contributed by atoms with van der Waals surface area (Å²) in [5.41, 5.74) is 1.37. The van der Waals surface area contributed by atoms with Crippen LogP contribution >= 0.6 is 0 Å². The normalized spacial score (nSPS) is 18.5. The molecule has 1 fully saturated rings. The zero-order valence-electron chi connectivity index (χ0n) is 16.5. The molecule has 1 aliphatic heterocycles. The SMILES string of the molecule is CC(=O)N1CCCN(C(=O)c2ccnnc2)CCNC(=O)CC1c1ccccc1. The molecular formula is C21H25N5O3. The fourth-order valence-electron chi connectivity index (χ4n) is 3.54. The van der Waals surface area contributed by atoms with Gasteiger partial charge in [-0.25, -0.2) is 0 Å². The average molecular weight is 395 g/mol. The lowest BCUT2D eigenvalue weighted by atomic mass is 10.0. The summed E-state index contributed by atoms with van der Waals surface area (Å²) in [6.45, 7) is 3.19. The van der Waals surface area contributed by atoms with Crippen LogP contribution in [-0.2, 0) is 9.59 Å². The maximum Gasteiger partial charge on any atom is 0.255 e.